The number of benzene rings is 2. The van der Waals surface area contributed by atoms with E-state index in [1.54, 1.807) is 19.3 Å². The lowest BCUT2D eigenvalue weighted by atomic mass is 10.1. The second-order valence-electron chi connectivity index (χ2n) is 7.18. The fourth-order valence-electron chi connectivity index (χ4n) is 3.29. The van der Waals surface area contributed by atoms with Crippen LogP contribution in [0.2, 0.25) is 0 Å². The van der Waals surface area contributed by atoms with Gasteiger partial charge in [0, 0.05) is 24.4 Å². The van der Waals surface area contributed by atoms with Gasteiger partial charge >= 0.3 is 5.69 Å². The minimum atomic E-state index is -0.317. The lowest BCUT2D eigenvalue weighted by Gasteiger charge is -2.15. The van der Waals surface area contributed by atoms with Crippen LogP contribution >= 0.6 is 0 Å². The van der Waals surface area contributed by atoms with E-state index in [1.807, 2.05) is 56.3 Å². The molecule has 0 unspecified atom stereocenters. The Hall–Kier alpha value is -4.25. The molecule has 4 aromatic rings. The minimum absolute atomic E-state index is 0.278. The highest BCUT2D eigenvalue weighted by Gasteiger charge is 2.14. The number of aromatic nitrogens is 5. The number of tetrazole rings is 1. The molecule has 2 aromatic carbocycles. The Morgan fingerprint density at radius 1 is 1.06 bits per heavy atom. The third kappa shape index (κ3) is 3.94. The third-order valence-electron chi connectivity index (χ3n) is 5.07. The molecule has 0 saturated heterocycles. The van der Waals surface area contributed by atoms with E-state index >= 15 is 0 Å². The summed E-state index contributed by atoms with van der Waals surface area (Å²) < 4.78 is 8.57. The van der Waals surface area contributed by atoms with Gasteiger partial charge < -0.3 is 4.74 Å². The molecule has 0 atom stereocenters. The standard InChI is InChI=1S/C23H20N6O2/c1-15-5-4-6-21(29-23(30)28(3)26-27-29)19(15)14-31-22-10-8-18(11-16(22)2)20-9-7-17(12-24)13-25-20/h4-11,13H,14H2,1-3H3. The molecule has 0 fully saturated rings. The highest BCUT2D eigenvalue weighted by atomic mass is 16.5. The molecule has 0 N–H and O–H groups in total. The molecule has 0 bridgehead atoms. The van der Waals surface area contributed by atoms with Gasteiger partial charge in [0.05, 0.1) is 16.9 Å². The van der Waals surface area contributed by atoms with E-state index in [-0.39, 0.29) is 12.3 Å². The van der Waals surface area contributed by atoms with Crippen molar-refractivity contribution in [2.75, 3.05) is 0 Å². The van der Waals surface area contributed by atoms with Crippen LogP contribution in [0, 0.1) is 25.2 Å². The van der Waals surface area contributed by atoms with E-state index in [2.05, 4.69) is 21.5 Å². The van der Waals surface area contributed by atoms with E-state index in [1.165, 1.54) is 9.36 Å². The van der Waals surface area contributed by atoms with Crippen LogP contribution in [0.15, 0.2) is 59.5 Å². The van der Waals surface area contributed by atoms with Gasteiger partial charge in [-0.3, -0.25) is 4.98 Å². The number of nitrogens with zero attached hydrogens (tertiary/aromatic N) is 6. The van der Waals surface area contributed by atoms with Gasteiger partial charge in [-0.25, -0.2) is 4.79 Å². The summed E-state index contributed by atoms with van der Waals surface area (Å²) in [5.74, 6) is 0.734. The van der Waals surface area contributed by atoms with Gasteiger partial charge in [0.25, 0.3) is 0 Å². The van der Waals surface area contributed by atoms with E-state index in [0.29, 0.717) is 11.3 Å². The predicted octanol–water partition coefficient (Wildman–Crippen LogP) is 3.10. The maximum Gasteiger partial charge on any atom is 0.368 e. The first-order valence-corrected chi connectivity index (χ1v) is 9.66. The third-order valence-corrected chi connectivity index (χ3v) is 5.07. The van der Waals surface area contributed by atoms with Gasteiger partial charge in [0.15, 0.2) is 0 Å². The molecule has 8 heteroatoms. The molecule has 0 spiro atoms. The van der Waals surface area contributed by atoms with Crippen LogP contribution in [0.25, 0.3) is 16.9 Å². The predicted molar refractivity (Wildman–Crippen MR) is 115 cm³/mol. The largest absolute Gasteiger partial charge is 0.489 e. The number of ether oxygens (including phenoxy) is 1. The summed E-state index contributed by atoms with van der Waals surface area (Å²) in [5.41, 5.74) is 5.39. The number of hydrogen-bond acceptors (Lipinski definition) is 6. The summed E-state index contributed by atoms with van der Waals surface area (Å²) in [7, 11) is 1.56. The summed E-state index contributed by atoms with van der Waals surface area (Å²) in [5, 5.41) is 16.7. The van der Waals surface area contributed by atoms with Gasteiger partial charge in [-0.05, 0) is 71.8 Å². The van der Waals surface area contributed by atoms with Crippen molar-refractivity contribution in [2.45, 2.75) is 20.5 Å². The van der Waals surface area contributed by atoms with Crippen LogP contribution in [0.3, 0.4) is 0 Å². The molecule has 0 aliphatic rings. The van der Waals surface area contributed by atoms with Gasteiger partial charge in [0.1, 0.15) is 18.4 Å². The van der Waals surface area contributed by atoms with Crippen LogP contribution in [-0.4, -0.2) is 24.8 Å². The fourth-order valence-corrected chi connectivity index (χ4v) is 3.29. The van der Waals surface area contributed by atoms with Gasteiger partial charge in [-0.2, -0.15) is 14.6 Å². The molecule has 0 aliphatic heterocycles. The first kappa shape index (κ1) is 20.0. The van der Waals surface area contributed by atoms with Crippen molar-refractivity contribution in [1.82, 2.24) is 24.8 Å². The lowest BCUT2D eigenvalue weighted by molar-refractivity contribution is 0.302. The zero-order chi connectivity index (χ0) is 22.0. The Bertz CT molecular complexity index is 1350. The van der Waals surface area contributed by atoms with Gasteiger partial charge in [-0.1, -0.05) is 12.1 Å². The van der Waals surface area contributed by atoms with Crippen molar-refractivity contribution in [3.05, 3.63) is 87.5 Å². The molecule has 8 nitrogen and oxygen atoms in total. The minimum Gasteiger partial charge on any atom is -0.489 e. The summed E-state index contributed by atoms with van der Waals surface area (Å²) in [6, 6.07) is 17.1. The molecule has 4 rings (SSSR count). The Morgan fingerprint density at radius 3 is 2.55 bits per heavy atom. The monoisotopic (exact) mass is 412 g/mol. The SMILES string of the molecule is Cc1cc(-c2ccc(C#N)cn2)ccc1OCc1c(C)cccc1-n1nnn(C)c1=O. The van der Waals surface area contributed by atoms with Crippen molar-refractivity contribution >= 4 is 0 Å². The molecular formula is C23H20N6O2. The van der Waals surface area contributed by atoms with Crippen LogP contribution in [0.1, 0.15) is 22.3 Å². The Balaban J connectivity index is 1.59. The zero-order valence-corrected chi connectivity index (χ0v) is 17.4. The second-order valence-corrected chi connectivity index (χ2v) is 7.18. The molecule has 0 aliphatic carbocycles. The van der Waals surface area contributed by atoms with E-state index in [4.69, 9.17) is 10.00 Å². The molecule has 31 heavy (non-hydrogen) atoms. The van der Waals surface area contributed by atoms with Crippen molar-refractivity contribution in [1.29, 1.82) is 5.26 Å². The number of rotatable bonds is 5. The molecule has 0 saturated carbocycles. The molecular weight excluding hydrogens is 392 g/mol. The summed E-state index contributed by atoms with van der Waals surface area (Å²) in [4.78, 5) is 16.7. The lowest BCUT2D eigenvalue weighted by Crippen LogP contribution is -2.23. The number of nitriles is 1. The average Bonchev–Trinajstić information content (AvgIpc) is 3.11. The number of aryl methyl sites for hydroxylation is 3. The highest BCUT2D eigenvalue weighted by molar-refractivity contribution is 5.62. The topological polar surface area (TPSA) is 98.6 Å². The molecule has 2 aromatic heterocycles. The second kappa shape index (κ2) is 8.24. The first-order chi connectivity index (χ1) is 15.0. The molecule has 2 heterocycles. The normalized spacial score (nSPS) is 10.6. The van der Waals surface area contributed by atoms with Crippen molar-refractivity contribution in [3.8, 4) is 28.8 Å². The van der Waals surface area contributed by atoms with Crippen LogP contribution in [0.4, 0.5) is 0 Å². The Labute approximate surface area is 179 Å². The quantitative estimate of drug-likeness (QED) is 0.499. The van der Waals surface area contributed by atoms with Crippen molar-refractivity contribution in [2.24, 2.45) is 7.05 Å². The maximum atomic E-state index is 12.3. The van der Waals surface area contributed by atoms with Crippen molar-refractivity contribution in [3.63, 3.8) is 0 Å². The van der Waals surface area contributed by atoms with E-state index in [9.17, 15) is 4.79 Å². The van der Waals surface area contributed by atoms with Crippen LogP contribution < -0.4 is 10.4 Å². The van der Waals surface area contributed by atoms with E-state index in [0.717, 1.165) is 33.7 Å². The van der Waals surface area contributed by atoms with Gasteiger partial charge in [0.2, 0.25) is 0 Å². The van der Waals surface area contributed by atoms with Crippen LogP contribution in [-0.2, 0) is 13.7 Å². The maximum absolute atomic E-state index is 12.3. The Morgan fingerprint density at radius 2 is 1.90 bits per heavy atom. The Kier molecular flexibility index (Phi) is 5.33. The van der Waals surface area contributed by atoms with Gasteiger partial charge in [-0.15, -0.1) is 0 Å². The zero-order valence-electron chi connectivity index (χ0n) is 17.4. The first-order valence-electron chi connectivity index (χ1n) is 9.66. The summed E-state index contributed by atoms with van der Waals surface area (Å²) >= 11 is 0. The smallest absolute Gasteiger partial charge is 0.368 e. The summed E-state index contributed by atoms with van der Waals surface area (Å²) in [6.45, 7) is 4.21. The molecule has 154 valence electrons. The molecule has 0 amide bonds. The fraction of sp³-hybridized carbons (Fsp3) is 0.174. The number of pyridine rings is 1. The number of hydrogen-bond donors (Lipinski definition) is 0. The molecule has 0 radical (unpaired) electrons. The summed E-state index contributed by atoms with van der Waals surface area (Å²) in [6.07, 6.45) is 1.56. The average molecular weight is 412 g/mol. The van der Waals surface area contributed by atoms with Crippen molar-refractivity contribution < 1.29 is 4.74 Å². The highest BCUT2D eigenvalue weighted by Crippen LogP contribution is 2.27. The van der Waals surface area contributed by atoms with E-state index < -0.39 is 0 Å². The van der Waals surface area contributed by atoms with Crippen LogP contribution in [0.5, 0.6) is 5.75 Å².